The molecule has 2 bridgehead atoms. The van der Waals surface area contributed by atoms with Crippen molar-refractivity contribution in [1.82, 2.24) is 10.6 Å². The molecule has 12 heteroatoms. The number of rotatable bonds is 9. The summed E-state index contributed by atoms with van der Waals surface area (Å²) >= 11 is 11.3. The van der Waals surface area contributed by atoms with Crippen molar-refractivity contribution >= 4 is 41.0 Å². The van der Waals surface area contributed by atoms with Crippen LogP contribution in [0, 0.1) is 17.0 Å². The molecule has 0 saturated heterocycles. The highest BCUT2D eigenvalue weighted by molar-refractivity contribution is 6.31. The number of amides is 2. The van der Waals surface area contributed by atoms with Gasteiger partial charge in [0, 0.05) is 12.1 Å². The smallest absolute Gasteiger partial charge is 0.309 e. The number of hydrogen-bond donors (Lipinski definition) is 3. The van der Waals surface area contributed by atoms with Crippen LogP contribution >= 0.6 is 23.2 Å². The summed E-state index contributed by atoms with van der Waals surface area (Å²) in [6.45, 7) is -0.869. The highest BCUT2D eigenvalue weighted by Crippen LogP contribution is 2.52. The molecular formula is C25H24Cl2F2N2O6. The third-order valence-electron chi connectivity index (χ3n) is 7.06. The summed E-state index contributed by atoms with van der Waals surface area (Å²) in [6, 6.07) is 6.86. The van der Waals surface area contributed by atoms with E-state index in [1.807, 2.05) is 0 Å². The number of ether oxygens (including phenoxy) is 2. The Labute approximate surface area is 221 Å². The molecule has 0 aromatic heterocycles. The molecule has 198 valence electrons. The predicted molar refractivity (Wildman–Crippen MR) is 130 cm³/mol. The van der Waals surface area contributed by atoms with Crippen molar-refractivity contribution in [3.05, 3.63) is 58.1 Å². The van der Waals surface area contributed by atoms with Crippen molar-refractivity contribution in [2.45, 2.75) is 43.7 Å². The van der Waals surface area contributed by atoms with E-state index in [1.54, 1.807) is 0 Å². The van der Waals surface area contributed by atoms with E-state index in [0.29, 0.717) is 25.7 Å². The average molecular weight is 557 g/mol. The molecule has 0 aliphatic heterocycles. The van der Waals surface area contributed by atoms with Gasteiger partial charge in [0.2, 0.25) is 0 Å². The second-order valence-corrected chi connectivity index (χ2v) is 10.2. The summed E-state index contributed by atoms with van der Waals surface area (Å²) in [5, 5.41) is 15.4. The number of halogens is 4. The van der Waals surface area contributed by atoms with Crippen LogP contribution in [0.25, 0.3) is 0 Å². The fourth-order valence-corrected chi connectivity index (χ4v) is 5.23. The van der Waals surface area contributed by atoms with Crippen molar-refractivity contribution in [3.63, 3.8) is 0 Å². The van der Waals surface area contributed by atoms with Gasteiger partial charge in [-0.1, -0.05) is 23.2 Å². The van der Waals surface area contributed by atoms with Crippen LogP contribution < -0.4 is 20.1 Å². The van der Waals surface area contributed by atoms with E-state index in [0.717, 1.165) is 12.1 Å². The maximum absolute atomic E-state index is 13.6. The molecule has 3 saturated carbocycles. The zero-order valence-electron chi connectivity index (χ0n) is 19.5. The van der Waals surface area contributed by atoms with E-state index >= 15 is 0 Å². The van der Waals surface area contributed by atoms with E-state index < -0.39 is 59.6 Å². The molecule has 1 atom stereocenters. The molecular weight excluding hydrogens is 533 g/mol. The van der Waals surface area contributed by atoms with Crippen LogP contribution in [-0.4, -0.2) is 47.7 Å². The molecule has 2 aromatic rings. The molecule has 0 heterocycles. The first-order valence-corrected chi connectivity index (χ1v) is 12.3. The summed E-state index contributed by atoms with van der Waals surface area (Å²) in [7, 11) is 0. The quantitative estimate of drug-likeness (QED) is 0.428. The zero-order valence-corrected chi connectivity index (χ0v) is 21.0. The largest absolute Gasteiger partial charge is 0.484 e. The lowest BCUT2D eigenvalue weighted by Gasteiger charge is -2.56. The van der Waals surface area contributed by atoms with Gasteiger partial charge in [0.05, 0.1) is 27.0 Å². The molecule has 5 rings (SSSR count). The minimum atomic E-state index is -1.01. The lowest BCUT2D eigenvalue weighted by Crippen LogP contribution is -2.70. The van der Waals surface area contributed by atoms with Crippen LogP contribution in [0.1, 0.15) is 32.1 Å². The van der Waals surface area contributed by atoms with Crippen LogP contribution in [0.3, 0.4) is 0 Å². The molecule has 3 aliphatic rings. The Kier molecular flexibility index (Phi) is 7.80. The van der Waals surface area contributed by atoms with Crippen molar-refractivity contribution in [2.75, 3.05) is 13.2 Å². The molecule has 37 heavy (non-hydrogen) atoms. The number of fused-ring (bicyclic) bond motifs is 3. The molecule has 0 spiro atoms. The Bertz CT molecular complexity index is 1220. The van der Waals surface area contributed by atoms with Crippen LogP contribution in [0.4, 0.5) is 8.78 Å². The normalized spacial score (nSPS) is 24.3. The van der Waals surface area contributed by atoms with Gasteiger partial charge in [-0.15, -0.1) is 0 Å². The molecule has 2 amide bonds. The van der Waals surface area contributed by atoms with Gasteiger partial charge in [0.25, 0.3) is 11.8 Å². The highest BCUT2D eigenvalue weighted by Gasteiger charge is 2.58. The van der Waals surface area contributed by atoms with Gasteiger partial charge < -0.3 is 25.2 Å². The van der Waals surface area contributed by atoms with E-state index in [-0.39, 0.29) is 28.0 Å². The minimum absolute atomic E-state index is 0.0780. The first-order valence-electron chi connectivity index (χ1n) is 11.5. The van der Waals surface area contributed by atoms with Crippen molar-refractivity contribution < 1.29 is 37.7 Å². The van der Waals surface area contributed by atoms with Gasteiger partial charge in [0.1, 0.15) is 23.1 Å². The molecule has 2 aromatic carbocycles. The molecule has 3 aliphatic carbocycles. The topological polar surface area (TPSA) is 114 Å². The van der Waals surface area contributed by atoms with E-state index in [4.69, 9.17) is 32.7 Å². The summed E-state index contributed by atoms with van der Waals surface area (Å²) in [5.74, 6) is -3.18. The molecule has 3 fully saturated rings. The Balaban J connectivity index is 1.42. The number of carbonyl (C=O) groups is 3. The van der Waals surface area contributed by atoms with Crippen LogP contribution in [0.2, 0.25) is 10.0 Å². The second kappa shape index (κ2) is 10.7. The molecule has 3 N–H and O–H groups in total. The zero-order chi connectivity index (χ0) is 26.8. The monoisotopic (exact) mass is 556 g/mol. The third kappa shape index (κ3) is 5.91. The highest BCUT2D eigenvalue weighted by atomic mass is 35.5. The Morgan fingerprint density at radius 1 is 0.892 bits per heavy atom. The lowest BCUT2D eigenvalue weighted by molar-refractivity contribution is -0.160. The Morgan fingerprint density at radius 2 is 1.41 bits per heavy atom. The molecule has 1 unspecified atom stereocenters. The van der Waals surface area contributed by atoms with E-state index in [1.165, 1.54) is 24.3 Å². The Morgan fingerprint density at radius 3 is 1.89 bits per heavy atom. The van der Waals surface area contributed by atoms with Gasteiger partial charge in [0.15, 0.2) is 13.2 Å². The summed E-state index contributed by atoms with van der Waals surface area (Å²) in [6.07, 6.45) is 1.44. The predicted octanol–water partition coefficient (Wildman–Crippen LogP) is 4.12. The number of benzene rings is 2. The molecule has 8 nitrogen and oxygen atoms in total. The second-order valence-electron chi connectivity index (χ2n) is 9.34. The number of carboxylic acids is 1. The summed E-state index contributed by atoms with van der Waals surface area (Å²) < 4.78 is 38.0. The first kappa shape index (κ1) is 26.9. The fourth-order valence-electron chi connectivity index (χ4n) is 5.00. The van der Waals surface area contributed by atoms with Gasteiger partial charge in [-0.2, -0.15) is 0 Å². The number of aliphatic carboxylic acids is 1. The number of carbonyl (C=O) groups excluding carboxylic acids is 2. The Hall–Kier alpha value is -3.11. The van der Waals surface area contributed by atoms with E-state index in [9.17, 15) is 28.3 Å². The van der Waals surface area contributed by atoms with E-state index in [2.05, 4.69) is 10.6 Å². The van der Waals surface area contributed by atoms with Gasteiger partial charge in [-0.3, -0.25) is 14.4 Å². The van der Waals surface area contributed by atoms with Crippen LogP contribution in [-0.2, 0) is 14.4 Å². The minimum Gasteiger partial charge on any atom is -0.484 e. The maximum atomic E-state index is 13.6. The van der Waals surface area contributed by atoms with Gasteiger partial charge >= 0.3 is 5.97 Å². The van der Waals surface area contributed by atoms with Crippen molar-refractivity contribution in [2.24, 2.45) is 5.41 Å². The lowest BCUT2D eigenvalue weighted by atomic mass is 9.55. The van der Waals surface area contributed by atoms with Crippen molar-refractivity contribution in [3.8, 4) is 11.5 Å². The first-order chi connectivity index (χ1) is 17.5. The van der Waals surface area contributed by atoms with Crippen LogP contribution in [0.15, 0.2) is 36.4 Å². The molecule has 0 radical (unpaired) electrons. The van der Waals surface area contributed by atoms with Crippen LogP contribution in [0.5, 0.6) is 11.5 Å². The van der Waals surface area contributed by atoms with Crippen molar-refractivity contribution in [1.29, 1.82) is 0 Å². The summed E-state index contributed by atoms with van der Waals surface area (Å²) in [4.78, 5) is 37.5. The third-order valence-corrected chi connectivity index (χ3v) is 7.67. The number of hydrogen-bond acceptors (Lipinski definition) is 5. The SMILES string of the molecule is O=C(COc1ccc(Cl)c(F)c1)NC1CC2(C(=O)O)CCC1(NC(=O)COc1ccc(Cl)c(F)c1)CC2. The number of carboxylic acid groups (broad SMARTS) is 1. The summed E-state index contributed by atoms with van der Waals surface area (Å²) in [5.41, 5.74) is -1.91. The standard InChI is InChI=1S/C25H24Cl2F2N2O6/c26-16-3-1-14(9-18(16)28)36-12-21(32)30-20-11-24(23(34)35)5-7-25(20,8-6-24)31-22(33)13-37-15-2-4-17(27)19(29)10-15/h1-4,9-10,20H,5-8,11-13H2,(H,30,32)(H,31,33)(H,34,35). The number of nitrogens with one attached hydrogen (secondary N) is 2. The fraction of sp³-hybridized carbons (Fsp3) is 0.400. The van der Waals surface area contributed by atoms with Gasteiger partial charge in [-0.05, 0) is 56.4 Å². The maximum Gasteiger partial charge on any atom is 0.309 e. The van der Waals surface area contributed by atoms with Gasteiger partial charge in [-0.25, -0.2) is 8.78 Å². The average Bonchev–Trinajstić information content (AvgIpc) is 2.86.